The second kappa shape index (κ2) is 10.8. The van der Waals surface area contributed by atoms with Crippen molar-refractivity contribution in [2.75, 3.05) is 13.2 Å². The number of alkyl halides is 3. The van der Waals surface area contributed by atoms with Gasteiger partial charge in [-0.15, -0.1) is 6.42 Å². The number of esters is 3. The zero-order chi connectivity index (χ0) is 24.0. The molecule has 1 saturated heterocycles. The summed E-state index contributed by atoms with van der Waals surface area (Å²) in [5.74, 6) is -0.907. The molecule has 0 unspecified atom stereocenters. The van der Waals surface area contributed by atoms with Crippen molar-refractivity contribution in [2.24, 2.45) is 0 Å². The van der Waals surface area contributed by atoms with Crippen LogP contribution in [0.1, 0.15) is 20.8 Å². The van der Waals surface area contributed by atoms with Crippen LogP contribution in [0.25, 0.3) is 0 Å². The SMILES string of the molecule is C#CCO[C@@H]1O[C@H](COC(C)=O)[C@@H](OC(C)=O)[C@H](OC(C)=O)[C@@H]1OS(=O)(=O)C(F)(F)F. The summed E-state index contributed by atoms with van der Waals surface area (Å²) < 4.78 is 90.9. The lowest BCUT2D eigenvalue weighted by atomic mass is 9.98. The smallest absolute Gasteiger partial charge is 0.463 e. The lowest BCUT2D eigenvalue weighted by Gasteiger charge is -2.43. The number of hydrogen-bond acceptors (Lipinski definition) is 11. The van der Waals surface area contributed by atoms with Gasteiger partial charge in [0.25, 0.3) is 0 Å². The Balaban J connectivity index is 3.46. The Kier molecular flexibility index (Phi) is 9.24. The first-order chi connectivity index (χ1) is 14.2. The van der Waals surface area contributed by atoms with Gasteiger partial charge in [0.05, 0.1) is 0 Å². The normalized spacial score (nSPS) is 26.4. The fourth-order valence-corrected chi connectivity index (χ4v) is 3.04. The van der Waals surface area contributed by atoms with Gasteiger partial charge in [-0.2, -0.15) is 21.6 Å². The number of ether oxygens (including phenoxy) is 5. The van der Waals surface area contributed by atoms with Crippen LogP contribution in [0.3, 0.4) is 0 Å². The van der Waals surface area contributed by atoms with Crippen LogP contribution in [-0.4, -0.2) is 75.8 Å². The van der Waals surface area contributed by atoms with E-state index in [-0.39, 0.29) is 0 Å². The Morgan fingerprint density at radius 1 is 1.00 bits per heavy atom. The highest BCUT2D eigenvalue weighted by Gasteiger charge is 2.57. The van der Waals surface area contributed by atoms with Crippen LogP contribution in [0.4, 0.5) is 13.2 Å². The standard InChI is InChI=1S/C16H19F3O11S/c1-5-6-25-15-14(30-31(23,24)16(17,18)19)13(28-10(4)22)12(27-9(3)21)11(29-15)7-26-8(2)20/h1,11-15H,6-7H2,2-4H3/t11-,12-,13+,14+,15-/m1/s1. The van der Waals surface area contributed by atoms with Crippen molar-refractivity contribution in [3.8, 4) is 12.3 Å². The molecule has 0 aliphatic carbocycles. The topological polar surface area (TPSA) is 141 Å². The molecule has 0 radical (unpaired) electrons. The maximum Gasteiger partial charge on any atom is 0.523 e. The molecule has 176 valence electrons. The van der Waals surface area contributed by atoms with Crippen LogP contribution in [0.15, 0.2) is 0 Å². The molecule has 0 amide bonds. The molecule has 0 bridgehead atoms. The maximum atomic E-state index is 12.9. The maximum absolute atomic E-state index is 12.9. The molecule has 0 saturated carbocycles. The van der Waals surface area contributed by atoms with Crippen molar-refractivity contribution < 1.29 is 63.8 Å². The van der Waals surface area contributed by atoms with Crippen LogP contribution in [-0.2, 0) is 52.4 Å². The van der Waals surface area contributed by atoms with Gasteiger partial charge in [0.2, 0.25) is 0 Å². The molecule has 11 nitrogen and oxygen atoms in total. The fraction of sp³-hybridized carbons (Fsp3) is 0.688. The zero-order valence-corrected chi connectivity index (χ0v) is 17.2. The third-order valence-corrected chi connectivity index (χ3v) is 4.54. The first kappa shape index (κ1) is 26.6. The third-order valence-electron chi connectivity index (χ3n) is 3.50. The summed E-state index contributed by atoms with van der Waals surface area (Å²) in [6.45, 7) is 1.59. The molecular formula is C16H19F3O11S. The monoisotopic (exact) mass is 476 g/mol. The van der Waals surface area contributed by atoms with Gasteiger partial charge in [0.15, 0.2) is 24.6 Å². The zero-order valence-electron chi connectivity index (χ0n) is 16.4. The number of carbonyl (C=O) groups excluding carboxylic acids is 3. The van der Waals surface area contributed by atoms with Crippen LogP contribution in [0, 0.1) is 12.3 Å². The first-order valence-electron chi connectivity index (χ1n) is 8.37. The molecule has 0 aromatic heterocycles. The van der Waals surface area contributed by atoms with E-state index in [9.17, 15) is 36.0 Å². The quantitative estimate of drug-likeness (QED) is 0.154. The number of terminal acetylenes is 1. The van der Waals surface area contributed by atoms with Crippen molar-refractivity contribution in [3.63, 3.8) is 0 Å². The predicted molar refractivity (Wildman–Crippen MR) is 91.0 cm³/mol. The lowest BCUT2D eigenvalue weighted by Crippen LogP contribution is -2.63. The molecule has 1 aliphatic heterocycles. The van der Waals surface area contributed by atoms with Gasteiger partial charge in [0.1, 0.15) is 19.3 Å². The summed E-state index contributed by atoms with van der Waals surface area (Å²) in [6, 6.07) is 0. The molecule has 31 heavy (non-hydrogen) atoms. The van der Waals surface area contributed by atoms with E-state index < -0.39 is 77.5 Å². The van der Waals surface area contributed by atoms with E-state index in [0.717, 1.165) is 20.8 Å². The molecule has 1 fully saturated rings. The Morgan fingerprint density at radius 2 is 1.55 bits per heavy atom. The summed E-state index contributed by atoms with van der Waals surface area (Å²) >= 11 is 0. The Morgan fingerprint density at radius 3 is 2.00 bits per heavy atom. The molecule has 0 N–H and O–H groups in total. The third kappa shape index (κ3) is 7.65. The van der Waals surface area contributed by atoms with E-state index in [1.165, 1.54) is 0 Å². The first-order valence-corrected chi connectivity index (χ1v) is 9.78. The van der Waals surface area contributed by atoms with Gasteiger partial charge in [-0.25, -0.2) is 0 Å². The fourth-order valence-electron chi connectivity index (χ4n) is 2.44. The summed E-state index contributed by atoms with van der Waals surface area (Å²) in [5, 5.41) is 0. The van der Waals surface area contributed by atoms with Gasteiger partial charge >= 0.3 is 33.5 Å². The van der Waals surface area contributed by atoms with Gasteiger partial charge in [0, 0.05) is 20.8 Å². The van der Waals surface area contributed by atoms with E-state index in [4.69, 9.17) is 30.1 Å². The van der Waals surface area contributed by atoms with Gasteiger partial charge in [-0.3, -0.25) is 18.6 Å². The van der Waals surface area contributed by atoms with Gasteiger partial charge in [-0.1, -0.05) is 5.92 Å². The molecule has 1 heterocycles. The van der Waals surface area contributed by atoms with Crippen molar-refractivity contribution in [3.05, 3.63) is 0 Å². The highest BCUT2D eigenvalue weighted by atomic mass is 32.2. The van der Waals surface area contributed by atoms with E-state index in [0.29, 0.717) is 0 Å². The number of halogens is 3. The second-order valence-corrected chi connectivity index (χ2v) is 7.53. The molecule has 1 rings (SSSR count). The van der Waals surface area contributed by atoms with Crippen molar-refractivity contribution in [1.82, 2.24) is 0 Å². The Labute approximate surface area is 175 Å². The van der Waals surface area contributed by atoms with Crippen LogP contribution < -0.4 is 0 Å². The second-order valence-electron chi connectivity index (χ2n) is 5.97. The molecule has 5 atom stereocenters. The average molecular weight is 476 g/mol. The summed E-state index contributed by atoms with van der Waals surface area (Å²) in [6.07, 6.45) is -4.37. The lowest BCUT2D eigenvalue weighted by molar-refractivity contribution is -0.298. The predicted octanol–water partition coefficient (Wildman–Crippen LogP) is 0.0224. The minimum absolute atomic E-state index is 0.581. The number of rotatable bonds is 8. The minimum Gasteiger partial charge on any atom is -0.463 e. The van der Waals surface area contributed by atoms with E-state index in [1.54, 1.807) is 0 Å². The molecular weight excluding hydrogens is 457 g/mol. The van der Waals surface area contributed by atoms with E-state index in [1.807, 2.05) is 5.92 Å². The average Bonchev–Trinajstić information content (AvgIpc) is 2.60. The largest absolute Gasteiger partial charge is 0.523 e. The molecule has 0 spiro atoms. The summed E-state index contributed by atoms with van der Waals surface area (Å²) in [4.78, 5) is 34.2. The highest BCUT2D eigenvalue weighted by Crippen LogP contribution is 2.34. The van der Waals surface area contributed by atoms with Crippen molar-refractivity contribution in [1.29, 1.82) is 0 Å². The molecule has 0 aromatic rings. The minimum atomic E-state index is -6.25. The van der Waals surface area contributed by atoms with Crippen molar-refractivity contribution in [2.45, 2.75) is 57.0 Å². The van der Waals surface area contributed by atoms with Crippen LogP contribution >= 0.6 is 0 Å². The summed E-state index contributed by atoms with van der Waals surface area (Å²) in [5.41, 5.74) is -5.85. The molecule has 1 aliphatic rings. The van der Waals surface area contributed by atoms with E-state index >= 15 is 0 Å². The van der Waals surface area contributed by atoms with Gasteiger partial charge in [-0.05, 0) is 0 Å². The molecule has 15 heteroatoms. The van der Waals surface area contributed by atoms with E-state index in [2.05, 4.69) is 4.18 Å². The number of carbonyl (C=O) groups is 3. The number of hydrogen-bond donors (Lipinski definition) is 0. The van der Waals surface area contributed by atoms with Crippen molar-refractivity contribution >= 4 is 28.0 Å². The van der Waals surface area contributed by atoms with Crippen LogP contribution in [0.5, 0.6) is 0 Å². The Hall–Kier alpha value is -2.41. The summed E-state index contributed by atoms with van der Waals surface area (Å²) in [7, 11) is -6.25. The highest BCUT2D eigenvalue weighted by molar-refractivity contribution is 7.87. The van der Waals surface area contributed by atoms with Crippen LogP contribution in [0.2, 0.25) is 0 Å². The Bertz CT molecular complexity index is 818. The van der Waals surface area contributed by atoms with Gasteiger partial charge < -0.3 is 23.7 Å². The molecule has 0 aromatic carbocycles.